The van der Waals surface area contributed by atoms with Crippen LogP contribution in [0.2, 0.25) is 0 Å². The van der Waals surface area contributed by atoms with Gasteiger partial charge in [-0.25, -0.2) is 4.98 Å². The average molecular weight is 499 g/mol. The van der Waals surface area contributed by atoms with E-state index < -0.39 is 12.8 Å². The number of thioether (sulfide) groups is 1. The fourth-order valence-electron chi connectivity index (χ4n) is 3.00. The first-order valence-corrected chi connectivity index (χ1v) is 12.2. The van der Waals surface area contributed by atoms with Crippen molar-refractivity contribution in [3.8, 4) is 11.4 Å². The molecule has 2 N–H and O–H groups in total. The highest BCUT2D eigenvalue weighted by Gasteiger charge is 2.29. The quantitative estimate of drug-likeness (QED) is 0.187. The van der Waals surface area contributed by atoms with Crippen molar-refractivity contribution in [1.29, 1.82) is 0 Å². The summed E-state index contributed by atoms with van der Waals surface area (Å²) in [6.45, 7) is -1.39. The number of carbonyl (C=O) groups is 1. The van der Waals surface area contributed by atoms with Gasteiger partial charge in [0.15, 0.2) is 11.8 Å². The molecule has 1 aliphatic rings. The van der Waals surface area contributed by atoms with E-state index in [1.54, 1.807) is 12.3 Å². The topological polar surface area (TPSA) is 89.0 Å². The second-order valence-corrected chi connectivity index (χ2v) is 9.42. The maximum absolute atomic E-state index is 13.1. The Kier molecular flexibility index (Phi) is 7.23. The van der Waals surface area contributed by atoms with Crippen molar-refractivity contribution in [1.82, 2.24) is 19.3 Å². The van der Waals surface area contributed by atoms with Crippen molar-refractivity contribution in [3.63, 3.8) is 0 Å². The Morgan fingerprint density at radius 1 is 1.21 bits per heavy atom. The summed E-state index contributed by atoms with van der Waals surface area (Å²) < 4.78 is 46.1. The van der Waals surface area contributed by atoms with Gasteiger partial charge in [-0.1, -0.05) is 23.7 Å². The van der Waals surface area contributed by atoms with E-state index in [9.17, 15) is 22.8 Å². The van der Waals surface area contributed by atoms with E-state index in [-0.39, 0.29) is 23.1 Å². The molecule has 33 heavy (non-hydrogen) atoms. The van der Waals surface area contributed by atoms with Crippen LogP contribution >= 0.6 is 23.7 Å². The smallest absolute Gasteiger partial charge is 0.422 e. The summed E-state index contributed by atoms with van der Waals surface area (Å²) in [6.07, 6.45) is -0.0946. The number of hydrogen-bond acceptors (Lipinski definition) is 6. The first-order chi connectivity index (χ1) is 15.8. The Hall–Kier alpha value is -2.60. The normalized spacial score (nSPS) is 13.9. The van der Waals surface area contributed by atoms with Crippen LogP contribution in [0.25, 0.3) is 16.7 Å². The van der Waals surface area contributed by atoms with Gasteiger partial charge in [0.05, 0.1) is 11.2 Å². The fourth-order valence-corrected chi connectivity index (χ4v) is 4.84. The summed E-state index contributed by atoms with van der Waals surface area (Å²) in [5, 5.41) is 0.475. The number of H-pyrrole nitrogens is 1. The number of benzene rings is 1. The van der Waals surface area contributed by atoms with Crippen LogP contribution in [0, 0.1) is 5.92 Å². The lowest BCUT2D eigenvalue weighted by Gasteiger charge is -2.13. The second kappa shape index (κ2) is 10.1. The minimum Gasteiger partial charge on any atom is -0.484 e. The molecule has 0 aliphatic heterocycles. The number of amides is 1. The van der Waals surface area contributed by atoms with Crippen LogP contribution in [0.1, 0.15) is 19.3 Å². The zero-order valence-corrected chi connectivity index (χ0v) is 19.0. The molecule has 0 saturated heterocycles. The first kappa shape index (κ1) is 23.6. The van der Waals surface area contributed by atoms with Crippen LogP contribution in [0.4, 0.5) is 13.2 Å². The molecule has 176 valence electrons. The Morgan fingerprint density at radius 2 is 1.97 bits per heavy atom. The summed E-state index contributed by atoms with van der Waals surface area (Å²) in [7, 11) is 0. The number of hydrogen-bond donors (Lipinski definition) is 2. The van der Waals surface area contributed by atoms with Gasteiger partial charge < -0.3 is 9.72 Å². The summed E-state index contributed by atoms with van der Waals surface area (Å²) in [5.41, 5.74) is 1.05. The molecule has 1 amide bonds. The molecule has 1 fully saturated rings. The number of alkyl halides is 3. The van der Waals surface area contributed by atoms with Crippen molar-refractivity contribution in [2.45, 2.75) is 30.6 Å². The van der Waals surface area contributed by atoms with Gasteiger partial charge in [0.25, 0.3) is 5.56 Å². The lowest BCUT2D eigenvalue weighted by Crippen LogP contribution is -2.22. The Labute approximate surface area is 195 Å². The highest BCUT2D eigenvalue weighted by atomic mass is 32.2. The van der Waals surface area contributed by atoms with Gasteiger partial charge in [-0.15, -0.1) is 0 Å². The number of nitrogens with zero attached hydrogens (tertiary/aromatic N) is 2. The Bertz CT molecular complexity index is 1170. The average Bonchev–Trinajstić information content (AvgIpc) is 3.52. The van der Waals surface area contributed by atoms with Crippen LogP contribution in [0.5, 0.6) is 5.75 Å². The third kappa shape index (κ3) is 6.26. The largest absolute Gasteiger partial charge is 0.484 e. The van der Waals surface area contributed by atoms with Crippen LogP contribution in [0.15, 0.2) is 46.5 Å². The van der Waals surface area contributed by atoms with Crippen molar-refractivity contribution in [2.75, 3.05) is 18.1 Å². The summed E-state index contributed by atoms with van der Waals surface area (Å²) >= 11 is 2.78. The highest BCUT2D eigenvalue weighted by molar-refractivity contribution is 7.99. The van der Waals surface area contributed by atoms with Gasteiger partial charge in [-0.05, 0) is 49.6 Å². The van der Waals surface area contributed by atoms with Crippen LogP contribution in [-0.2, 0) is 4.79 Å². The third-order valence-electron chi connectivity index (χ3n) is 4.79. The number of rotatable bonds is 10. The summed E-state index contributed by atoms with van der Waals surface area (Å²) in [5.74, 6) is 1.71. The zero-order valence-electron chi connectivity index (χ0n) is 17.4. The molecule has 2 heterocycles. The minimum atomic E-state index is -4.43. The molecule has 1 aromatic carbocycles. The van der Waals surface area contributed by atoms with Crippen LogP contribution in [0.3, 0.4) is 0 Å². The molecule has 1 aliphatic carbocycles. The summed E-state index contributed by atoms with van der Waals surface area (Å²) in [6, 6.07) is 7.54. The molecule has 2 aromatic heterocycles. The lowest BCUT2D eigenvalue weighted by atomic mass is 10.3. The number of aromatic nitrogens is 3. The maximum atomic E-state index is 13.1. The second-order valence-electron chi connectivity index (χ2n) is 7.46. The number of carbonyl (C=O) groups excluding carboxylic acids is 1. The maximum Gasteiger partial charge on any atom is 0.422 e. The van der Waals surface area contributed by atoms with Gasteiger partial charge in [-0.2, -0.15) is 13.2 Å². The molecule has 12 heteroatoms. The monoisotopic (exact) mass is 498 g/mol. The van der Waals surface area contributed by atoms with E-state index in [0.717, 1.165) is 25.0 Å². The molecule has 0 bridgehead atoms. The van der Waals surface area contributed by atoms with Gasteiger partial charge in [0.1, 0.15) is 11.3 Å². The number of nitrogens with one attached hydrogen (secondary N) is 2. The van der Waals surface area contributed by atoms with Crippen LogP contribution in [-0.4, -0.2) is 44.7 Å². The number of ether oxygens (including phenoxy) is 1. The molecule has 0 unspecified atom stereocenters. The van der Waals surface area contributed by atoms with E-state index >= 15 is 0 Å². The molecule has 0 atom stereocenters. The fraction of sp³-hybridized carbons (Fsp3) is 0.381. The third-order valence-corrected chi connectivity index (χ3v) is 6.65. The molecule has 0 radical (unpaired) electrons. The van der Waals surface area contributed by atoms with E-state index in [4.69, 9.17) is 4.74 Å². The lowest BCUT2D eigenvalue weighted by molar-refractivity contribution is -0.153. The Morgan fingerprint density at radius 3 is 2.67 bits per heavy atom. The molecular formula is C21H21F3N4O3S2. The zero-order chi connectivity index (χ0) is 23.4. The predicted octanol–water partition coefficient (Wildman–Crippen LogP) is 4.31. The van der Waals surface area contributed by atoms with Crippen molar-refractivity contribution in [3.05, 3.63) is 46.9 Å². The molecule has 4 rings (SSSR count). The number of fused-ring (bicyclic) bond motifs is 1. The van der Waals surface area contributed by atoms with Gasteiger partial charge >= 0.3 is 6.18 Å². The van der Waals surface area contributed by atoms with E-state index in [0.29, 0.717) is 27.6 Å². The molecule has 0 spiro atoms. The molecule has 1 saturated carbocycles. The number of aromatic amines is 1. The van der Waals surface area contributed by atoms with Crippen molar-refractivity contribution < 1.29 is 22.7 Å². The van der Waals surface area contributed by atoms with Gasteiger partial charge in [-0.3, -0.25) is 18.9 Å². The van der Waals surface area contributed by atoms with Gasteiger partial charge in [0, 0.05) is 23.6 Å². The van der Waals surface area contributed by atoms with E-state index in [2.05, 4.69) is 14.7 Å². The number of halogens is 3. The Balaban J connectivity index is 1.45. The first-order valence-electron chi connectivity index (χ1n) is 10.3. The van der Waals surface area contributed by atoms with Crippen molar-refractivity contribution in [2.24, 2.45) is 5.92 Å². The predicted molar refractivity (Wildman–Crippen MR) is 122 cm³/mol. The molecular weight excluding hydrogens is 477 g/mol. The van der Waals surface area contributed by atoms with Crippen molar-refractivity contribution >= 4 is 40.7 Å². The van der Waals surface area contributed by atoms with Crippen LogP contribution < -0.4 is 15.0 Å². The van der Waals surface area contributed by atoms with E-state index in [1.807, 2.05) is 0 Å². The minimum absolute atomic E-state index is 0.0532. The molecule has 3 aromatic rings. The van der Waals surface area contributed by atoms with Gasteiger partial charge in [0.2, 0.25) is 5.91 Å². The standard InChI is InChI=1S/C21H21F3N4O3S2/c22-21(23,24)12-31-15-6-4-14(5-7-15)28-19(30)17-16(8-9-25-17)26-20(28)32-10-1-11-33-27-18(29)13-2-3-13/h4-9,13,25H,1-3,10-12H2,(H,27,29). The SMILES string of the molecule is O=C(NSCCCSc1nc2cc[nH]c2c(=O)n1-c1ccc(OCC(F)(F)F)cc1)C1CC1. The van der Waals surface area contributed by atoms with E-state index in [1.165, 1.54) is 52.5 Å². The molecule has 7 nitrogen and oxygen atoms in total. The highest BCUT2D eigenvalue weighted by Crippen LogP contribution is 2.29. The summed E-state index contributed by atoms with van der Waals surface area (Å²) in [4.78, 5) is 32.2.